The van der Waals surface area contributed by atoms with Gasteiger partial charge in [0.05, 0.1) is 0 Å². The molecule has 0 bridgehead atoms. The first-order chi connectivity index (χ1) is 8.66. The largest absolute Gasteiger partial charge is 0.446 e. The first-order valence-corrected chi connectivity index (χ1v) is 6.52. The van der Waals surface area contributed by atoms with E-state index in [0.717, 1.165) is 17.4 Å². The highest BCUT2D eigenvalue weighted by Crippen LogP contribution is 2.13. The van der Waals surface area contributed by atoms with Gasteiger partial charge in [-0.3, -0.25) is 0 Å². The Balaban J connectivity index is 1.99. The van der Waals surface area contributed by atoms with Crippen LogP contribution in [0.15, 0.2) is 48.5 Å². The average Bonchev–Trinajstić information content (AvgIpc) is 2.40. The van der Waals surface area contributed by atoms with Crippen molar-refractivity contribution in [3.05, 3.63) is 64.7 Å². The van der Waals surface area contributed by atoms with Gasteiger partial charge in [0, 0.05) is 5.02 Å². The molecule has 0 heterocycles. The van der Waals surface area contributed by atoms with Gasteiger partial charge in [0.15, 0.2) is 0 Å². The molecule has 1 N–H and O–H groups in total. The highest BCUT2D eigenvalue weighted by molar-refractivity contribution is 6.66. The lowest BCUT2D eigenvalue weighted by atomic mass is 9.57. The lowest BCUT2D eigenvalue weighted by molar-refractivity contribution is 0.582. The SMILES string of the molecule is Cc1ccc(B(O)CCc2ccccc2)cc1Cl. The maximum atomic E-state index is 10.1. The quantitative estimate of drug-likeness (QED) is 0.836. The second-order valence-electron chi connectivity index (χ2n) is 4.55. The van der Waals surface area contributed by atoms with Crippen LogP contribution in [-0.2, 0) is 6.42 Å². The number of hydrogen-bond acceptors (Lipinski definition) is 1. The molecule has 0 aliphatic heterocycles. The predicted octanol–water partition coefficient (Wildman–Crippen LogP) is 3.08. The van der Waals surface area contributed by atoms with Gasteiger partial charge in [-0.05, 0) is 42.3 Å². The zero-order valence-corrected chi connectivity index (χ0v) is 11.2. The Labute approximate surface area is 114 Å². The summed E-state index contributed by atoms with van der Waals surface area (Å²) >= 11 is 6.06. The van der Waals surface area contributed by atoms with Crippen LogP contribution in [-0.4, -0.2) is 11.9 Å². The number of aryl methyl sites for hydroxylation is 2. The summed E-state index contributed by atoms with van der Waals surface area (Å²) in [6.45, 7) is 1.51. The van der Waals surface area contributed by atoms with Gasteiger partial charge < -0.3 is 5.02 Å². The van der Waals surface area contributed by atoms with E-state index in [4.69, 9.17) is 11.6 Å². The van der Waals surface area contributed by atoms with Crippen LogP contribution < -0.4 is 5.46 Å². The highest BCUT2D eigenvalue weighted by Gasteiger charge is 2.14. The third-order valence-corrected chi connectivity index (χ3v) is 3.54. The maximum absolute atomic E-state index is 10.1. The molecule has 0 unspecified atom stereocenters. The summed E-state index contributed by atoms with van der Waals surface area (Å²) < 4.78 is 0. The molecular formula is C15H16BClO. The fourth-order valence-electron chi connectivity index (χ4n) is 1.93. The number of benzene rings is 2. The molecule has 18 heavy (non-hydrogen) atoms. The summed E-state index contributed by atoms with van der Waals surface area (Å²) in [7, 11) is 0. The second-order valence-corrected chi connectivity index (χ2v) is 4.96. The number of hydrogen-bond donors (Lipinski definition) is 1. The van der Waals surface area contributed by atoms with Gasteiger partial charge in [-0.25, -0.2) is 0 Å². The van der Waals surface area contributed by atoms with E-state index in [1.165, 1.54) is 5.56 Å². The van der Waals surface area contributed by atoms with E-state index in [9.17, 15) is 5.02 Å². The summed E-state index contributed by atoms with van der Waals surface area (Å²) in [6, 6.07) is 15.9. The van der Waals surface area contributed by atoms with Crippen molar-refractivity contribution in [2.45, 2.75) is 19.7 Å². The van der Waals surface area contributed by atoms with Crippen molar-refractivity contribution in [1.82, 2.24) is 0 Å². The highest BCUT2D eigenvalue weighted by atomic mass is 35.5. The third-order valence-electron chi connectivity index (χ3n) is 3.13. The molecule has 0 radical (unpaired) electrons. The van der Waals surface area contributed by atoms with Crippen molar-refractivity contribution in [2.24, 2.45) is 0 Å². The molecule has 2 aromatic rings. The van der Waals surface area contributed by atoms with Crippen molar-refractivity contribution >= 4 is 24.0 Å². The first kappa shape index (κ1) is 13.2. The molecular weight excluding hydrogens is 242 g/mol. The smallest absolute Gasteiger partial charge is 0.324 e. The lowest BCUT2D eigenvalue weighted by Gasteiger charge is -2.08. The Kier molecular flexibility index (Phi) is 4.46. The van der Waals surface area contributed by atoms with Crippen molar-refractivity contribution < 1.29 is 5.02 Å². The van der Waals surface area contributed by atoms with E-state index in [2.05, 4.69) is 12.1 Å². The monoisotopic (exact) mass is 258 g/mol. The summed E-state index contributed by atoms with van der Waals surface area (Å²) in [4.78, 5) is 0. The molecule has 0 spiro atoms. The van der Waals surface area contributed by atoms with Gasteiger partial charge in [0.25, 0.3) is 0 Å². The van der Waals surface area contributed by atoms with Gasteiger partial charge in [-0.2, -0.15) is 0 Å². The minimum atomic E-state index is -0.455. The normalized spacial score (nSPS) is 10.4. The Hall–Kier alpha value is -1.25. The molecule has 0 fully saturated rings. The predicted molar refractivity (Wildman–Crippen MR) is 78.7 cm³/mol. The van der Waals surface area contributed by atoms with Crippen LogP contribution in [0.3, 0.4) is 0 Å². The Morgan fingerprint density at radius 1 is 1.11 bits per heavy atom. The third kappa shape index (κ3) is 3.38. The first-order valence-electron chi connectivity index (χ1n) is 6.15. The molecule has 0 aliphatic carbocycles. The Bertz CT molecular complexity index is 513. The Morgan fingerprint density at radius 3 is 2.50 bits per heavy atom. The van der Waals surface area contributed by atoms with Crippen LogP contribution >= 0.6 is 11.6 Å². The molecule has 0 aromatic heterocycles. The standard InChI is InChI=1S/C15H16BClO/c1-12-7-8-14(11-15(12)17)16(18)10-9-13-5-3-2-4-6-13/h2-8,11,18H,9-10H2,1H3. The average molecular weight is 259 g/mol. The number of rotatable bonds is 4. The zero-order valence-electron chi connectivity index (χ0n) is 10.4. The van der Waals surface area contributed by atoms with Crippen molar-refractivity contribution in [3.8, 4) is 0 Å². The summed E-state index contributed by atoms with van der Waals surface area (Å²) in [5.74, 6) is 0. The minimum Gasteiger partial charge on any atom is -0.446 e. The van der Waals surface area contributed by atoms with Crippen molar-refractivity contribution in [1.29, 1.82) is 0 Å². The molecule has 3 heteroatoms. The van der Waals surface area contributed by atoms with Gasteiger partial charge in [0.1, 0.15) is 0 Å². The second kappa shape index (κ2) is 6.08. The molecule has 1 nitrogen and oxygen atoms in total. The number of halogens is 1. The topological polar surface area (TPSA) is 20.2 Å². The van der Waals surface area contributed by atoms with Crippen LogP contribution in [0.2, 0.25) is 11.3 Å². The molecule has 92 valence electrons. The van der Waals surface area contributed by atoms with E-state index in [1.54, 1.807) is 0 Å². The van der Waals surface area contributed by atoms with Crippen molar-refractivity contribution in [2.75, 3.05) is 0 Å². The van der Waals surface area contributed by atoms with Crippen LogP contribution in [0.4, 0.5) is 0 Å². The van der Waals surface area contributed by atoms with Gasteiger partial charge in [0.2, 0.25) is 0 Å². The molecule has 0 saturated heterocycles. The van der Waals surface area contributed by atoms with E-state index < -0.39 is 6.92 Å². The zero-order chi connectivity index (χ0) is 13.0. The lowest BCUT2D eigenvalue weighted by Crippen LogP contribution is -2.30. The Morgan fingerprint density at radius 2 is 1.83 bits per heavy atom. The van der Waals surface area contributed by atoms with E-state index in [1.807, 2.05) is 43.3 Å². The minimum absolute atomic E-state index is 0.455. The molecule has 2 rings (SSSR count). The van der Waals surface area contributed by atoms with E-state index in [-0.39, 0.29) is 0 Å². The summed E-state index contributed by atoms with van der Waals surface area (Å²) in [5, 5.41) is 10.9. The molecule has 0 aliphatic rings. The fraction of sp³-hybridized carbons (Fsp3) is 0.200. The fourth-order valence-corrected chi connectivity index (χ4v) is 2.12. The summed E-state index contributed by atoms with van der Waals surface area (Å²) in [5.41, 5.74) is 3.17. The van der Waals surface area contributed by atoms with Gasteiger partial charge in [-0.1, -0.05) is 54.1 Å². The summed E-state index contributed by atoms with van der Waals surface area (Å²) in [6.07, 6.45) is 1.58. The van der Waals surface area contributed by atoms with Crippen LogP contribution in [0.1, 0.15) is 11.1 Å². The van der Waals surface area contributed by atoms with E-state index >= 15 is 0 Å². The van der Waals surface area contributed by atoms with Crippen LogP contribution in [0.25, 0.3) is 0 Å². The van der Waals surface area contributed by atoms with E-state index in [0.29, 0.717) is 11.3 Å². The molecule has 0 atom stereocenters. The molecule has 0 saturated carbocycles. The van der Waals surface area contributed by atoms with Crippen LogP contribution in [0.5, 0.6) is 0 Å². The van der Waals surface area contributed by atoms with Gasteiger partial charge >= 0.3 is 6.92 Å². The molecule has 0 amide bonds. The molecule has 2 aromatic carbocycles. The van der Waals surface area contributed by atoms with Gasteiger partial charge in [-0.15, -0.1) is 0 Å². The maximum Gasteiger partial charge on any atom is 0.324 e. The van der Waals surface area contributed by atoms with Crippen molar-refractivity contribution in [3.63, 3.8) is 0 Å². The van der Waals surface area contributed by atoms with Crippen LogP contribution in [0, 0.1) is 6.92 Å².